The van der Waals surface area contributed by atoms with Crippen molar-refractivity contribution >= 4 is 16.9 Å². The standard InChI is InChI=1S/C19H27NO4/c1-5-13(4)16(21)10-20-19(22)18-15(11-23-12(2)3)14-8-6-7-9-17(14)24-18/h6-9,12-13,16,21H,5,10-11H2,1-4H3,(H,20,22). The molecule has 0 aliphatic carbocycles. The molecule has 24 heavy (non-hydrogen) atoms. The van der Waals surface area contributed by atoms with E-state index in [2.05, 4.69) is 5.32 Å². The first-order chi connectivity index (χ1) is 11.4. The predicted octanol–water partition coefficient (Wildman–Crippen LogP) is 3.49. The van der Waals surface area contributed by atoms with E-state index in [1.54, 1.807) is 0 Å². The minimum absolute atomic E-state index is 0.0572. The number of hydrogen-bond donors (Lipinski definition) is 2. The molecule has 2 rings (SSSR count). The van der Waals surface area contributed by atoms with Gasteiger partial charge in [0.2, 0.25) is 0 Å². The summed E-state index contributed by atoms with van der Waals surface area (Å²) < 4.78 is 11.4. The van der Waals surface area contributed by atoms with Crippen molar-refractivity contribution in [3.63, 3.8) is 0 Å². The van der Waals surface area contributed by atoms with Gasteiger partial charge < -0.3 is 19.6 Å². The van der Waals surface area contributed by atoms with Crippen LogP contribution in [0.3, 0.4) is 0 Å². The highest BCUT2D eigenvalue weighted by molar-refractivity contribution is 5.99. The summed E-state index contributed by atoms with van der Waals surface area (Å²) in [5.41, 5.74) is 1.40. The first kappa shape index (κ1) is 18.5. The van der Waals surface area contributed by atoms with Gasteiger partial charge in [-0.05, 0) is 25.8 Å². The van der Waals surface area contributed by atoms with Crippen molar-refractivity contribution in [2.45, 2.75) is 52.9 Å². The minimum atomic E-state index is -0.571. The lowest BCUT2D eigenvalue weighted by atomic mass is 10.0. The molecular formula is C19H27NO4. The van der Waals surface area contributed by atoms with Gasteiger partial charge in [-0.1, -0.05) is 38.5 Å². The zero-order chi connectivity index (χ0) is 17.7. The van der Waals surface area contributed by atoms with E-state index in [0.717, 1.165) is 17.4 Å². The van der Waals surface area contributed by atoms with E-state index in [9.17, 15) is 9.90 Å². The topological polar surface area (TPSA) is 71.7 Å². The van der Waals surface area contributed by atoms with Crippen molar-refractivity contribution in [2.24, 2.45) is 5.92 Å². The monoisotopic (exact) mass is 333 g/mol. The lowest BCUT2D eigenvalue weighted by molar-refractivity contribution is 0.0638. The Hall–Kier alpha value is -1.85. The van der Waals surface area contributed by atoms with Gasteiger partial charge in [0.15, 0.2) is 5.76 Å². The van der Waals surface area contributed by atoms with E-state index in [4.69, 9.17) is 9.15 Å². The minimum Gasteiger partial charge on any atom is -0.451 e. The number of ether oxygens (including phenoxy) is 1. The molecule has 1 aromatic carbocycles. The highest BCUT2D eigenvalue weighted by Crippen LogP contribution is 2.27. The molecule has 2 N–H and O–H groups in total. The van der Waals surface area contributed by atoms with Crippen LogP contribution < -0.4 is 5.32 Å². The summed E-state index contributed by atoms with van der Waals surface area (Å²) in [7, 11) is 0. The fraction of sp³-hybridized carbons (Fsp3) is 0.526. The van der Waals surface area contributed by atoms with Crippen molar-refractivity contribution < 1.29 is 19.1 Å². The Kier molecular flexibility index (Phi) is 6.40. The van der Waals surface area contributed by atoms with Gasteiger partial charge in [-0.3, -0.25) is 4.79 Å². The summed E-state index contributed by atoms with van der Waals surface area (Å²) in [5.74, 6) is 0.0637. The lowest BCUT2D eigenvalue weighted by Crippen LogP contribution is -2.35. The van der Waals surface area contributed by atoms with Gasteiger partial charge in [0.25, 0.3) is 5.91 Å². The molecule has 0 saturated carbocycles. The van der Waals surface area contributed by atoms with Gasteiger partial charge in [-0.2, -0.15) is 0 Å². The zero-order valence-corrected chi connectivity index (χ0v) is 14.8. The highest BCUT2D eigenvalue weighted by Gasteiger charge is 2.22. The fourth-order valence-electron chi connectivity index (χ4n) is 2.43. The summed E-state index contributed by atoms with van der Waals surface area (Å²) >= 11 is 0. The van der Waals surface area contributed by atoms with Crippen LogP contribution >= 0.6 is 0 Å². The van der Waals surface area contributed by atoms with Crippen molar-refractivity contribution in [2.75, 3.05) is 6.54 Å². The fourth-order valence-corrected chi connectivity index (χ4v) is 2.43. The molecule has 0 spiro atoms. The smallest absolute Gasteiger partial charge is 0.287 e. The van der Waals surface area contributed by atoms with Gasteiger partial charge in [-0.25, -0.2) is 0 Å². The molecule has 0 bridgehead atoms. The summed E-state index contributed by atoms with van der Waals surface area (Å²) in [6.45, 7) is 8.38. The summed E-state index contributed by atoms with van der Waals surface area (Å²) in [6, 6.07) is 7.53. The first-order valence-electron chi connectivity index (χ1n) is 8.52. The number of fused-ring (bicyclic) bond motifs is 1. The first-order valence-corrected chi connectivity index (χ1v) is 8.52. The van der Waals surface area contributed by atoms with E-state index in [1.807, 2.05) is 52.0 Å². The Morgan fingerprint density at radius 3 is 2.67 bits per heavy atom. The molecule has 0 saturated heterocycles. The number of aliphatic hydroxyl groups is 1. The number of carbonyl (C=O) groups excluding carboxylic acids is 1. The maximum absolute atomic E-state index is 12.5. The van der Waals surface area contributed by atoms with Crippen LogP contribution in [0.4, 0.5) is 0 Å². The third-order valence-electron chi connectivity index (χ3n) is 4.24. The van der Waals surface area contributed by atoms with E-state index in [1.165, 1.54) is 0 Å². The van der Waals surface area contributed by atoms with E-state index >= 15 is 0 Å². The Morgan fingerprint density at radius 1 is 1.29 bits per heavy atom. The molecule has 132 valence electrons. The van der Waals surface area contributed by atoms with Crippen molar-refractivity contribution in [1.29, 1.82) is 0 Å². The van der Waals surface area contributed by atoms with Crippen LogP contribution in [0.5, 0.6) is 0 Å². The number of hydrogen-bond acceptors (Lipinski definition) is 4. The second-order valence-corrected chi connectivity index (χ2v) is 6.43. The molecule has 1 amide bonds. The highest BCUT2D eigenvalue weighted by atomic mass is 16.5. The Morgan fingerprint density at radius 2 is 2.00 bits per heavy atom. The number of carbonyl (C=O) groups is 1. The summed E-state index contributed by atoms with van der Waals surface area (Å²) in [6.07, 6.45) is 0.343. The predicted molar refractivity (Wildman–Crippen MR) is 93.9 cm³/mol. The molecule has 0 fully saturated rings. The van der Waals surface area contributed by atoms with Gasteiger partial charge in [-0.15, -0.1) is 0 Å². The number of para-hydroxylation sites is 1. The number of amides is 1. The Bertz CT molecular complexity index is 677. The van der Waals surface area contributed by atoms with Crippen LogP contribution in [0, 0.1) is 5.92 Å². The van der Waals surface area contributed by atoms with Gasteiger partial charge in [0.05, 0.1) is 18.8 Å². The maximum Gasteiger partial charge on any atom is 0.287 e. The van der Waals surface area contributed by atoms with E-state index in [0.29, 0.717) is 12.2 Å². The van der Waals surface area contributed by atoms with Crippen molar-refractivity contribution in [3.8, 4) is 0 Å². The molecule has 2 atom stereocenters. The number of benzene rings is 1. The molecule has 0 aliphatic rings. The molecule has 5 nitrogen and oxygen atoms in total. The van der Waals surface area contributed by atoms with Crippen LogP contribution in [-0.4, -0.2) is 29.8 Å². The number of furan rings is 1. The van der Waals surface area contributed by atoms with Crippen LogP contribution in [0.2, 0.25) is 0 Å². The van der Waals surface area contributed by atoms with Gasteiger partial charge in [0.1, 0.15) is 5.58 Å². The van der Waals surface area contributed by atoms with Gasteiger partial charge in [0, 0.05) is 17.5 Å². The van der Waals surface area contributed by atoms with E-state index < -0.39 is 6.10 Å². The molecule has 5 heteroatoms. The number of rotatable bonds is 8. The van der Waals surface area contributed by atoms with Crippen molar-refractivity contribution in [1.82, 2.24) is 5.32 Å². The third-order valence-corrected chi connectivity index (χ3v) is 4.24. The molecule has 0 aliphatic heterocycles. The Labute approximate surface area is 143 Å². The van der Waals surface area contributed by atoms with Crippen LogP contribution in [0.15, 0.2) is 28.7 Å². The largest absolute Gasteiger partial charge is 0.451 e. The number of aliphatic hydroxyl groups excluding tert-OH is 1. The molecule has 0 radical (unpaired) electrons. The van der Waals surface area contributed by atoms with E-state index in [-0.39, 0.29) is 30.2 Å². The normalized spacial score (nSPS) is 14.1. The number of nitrogens with one attached hydrogen (secondary N) is 1. The molecule has 1 heterocycles. The Balaban J connectivity index is 2.20. The van der Waals surface area contributed by atoms with Crippen LogP contribution in [0.25, 0.3) is 11.0 Å². The second kappa shape index (κ2) is 8.31. The van der Waals surface area contributed by atoms with Crippen LogP contribution in [-0.2, 0) is 11.3 Å². The molecule has 2 unspecified atom stereocenters. The lowest BCUT2D eigenvalue weighted by Gasteiger charge is -2.17. The quantitative estimate of drug-likeness (QED) is 0.775. The molecule has 1 aromatic heterocycles. The maximum atomic E-state index is 12.5. The third kappa shape index (κ3) is 4.36. The average molecular weight is 333 g/mol. The molecular weight excluding hydrogens is 306 g/mol. The van der Waals surface area contributed by atoms with Crippen molar-refractivity contribution in [3.05, 3.63) is 35.6 Å². The SMILES string of the molecule is CCC(C)C(O)CNC(=O)c1oc2ccccc2c1COC(C)C. The second-order valence-electron chi connectivity index (χ2n) is 6.43. The molecule has 2 aromatic rings. The van der Waals surface area contributed by atoms with Gasteiger partial charge >= 0.3 is 0 Å². The average Bonchev–Trinajstić information content (AvgIpc) is 2.95. The summed E-state index contributed by atoms with van der Waals surface area (Å²) in [4.78, 5) is 12.5. The zero-order valence-electron chi connectivity index (χ0n) is 14.8. The van der Waals surface area contributed by atoms with Crippen LogP contribution in [0.1, 0.15) is 50.2 Å². The summed E-state index contributed by atoms with van der Waals surface area (Å²) in [5, 5.41) is 13.7.